The fourth-order valence-electron chi connectivity index (χ4n) is 2.81. The highest BCUT2D eigenvalue weighted by Crippen LogP contribution is 2.33. The molecule has 0 amide bonds. The fraction of sp³-hybridized carbons (Fsp3) is 0.333. The van der Waals surface area contributed by atoms with Gasteiger partial charge in [-0.2, -0.15) is 0 Å². The number of Topliss-reactive ketones (excluding diaryl/α,β-unsaturated/α-hetero) is 1. The van der Waals surface area contributed by atoms with E-state index in [-0.39, 0.29) is 5.78 Å². The van der Waals surface area contributed by atoms with Crippen molar-refractivity contribution < 1.29 is 23.8 Å². The molecule has 26 heavy (non-hydrogen) atoms. The van der Waals surface area contributed by atoms with Gasteiger partial charge in [-0.1, -0.05) is 43.3 Å². The first-order chi connectivity index (χ1) is 12.5. The molecule has 0 saturated carbocycles. The molecule has 0 radical (unpaired) electrons. The minimum absolute atomic E-state index is 0.245. The van der Waals surface area contributed by atoms with Gasteiger partial charge in [0, 0.05) is 5.56 Å². The van der Waals surface area contributed by atoms with Crippen LogP contribution >= 0.6 is 0 Å². The van der Waals surface area contributed by atoms with E-state index >= 15 is 0 Å². The molecular weight excluding hydrogens is 332 g/mol. The Morgan fingerprint density at radius 1 is 1.04 bits per heavy atom. The summed E-state index contributed by atoms with van der Waals surface area (Å²) in [5.74, 6) is 0.217. The van der Waals surface area contributed by atoms with Crippen LogP contribution in [0.3, 0.4) is 0 Å². The van der Waals surface area contributed by atoms with Crippen LogP contribution in [0.5, 0.6) is 11.5 Å². The Morgan fingerprint density at radius 2 is 1.65 bits per heavy atom. The third-order valence-corrected chi connectivity index (χ3v) is 4.38. The van der Waals surface area contributed by atoms with E-state index in [1.54, 1.807) is 44.2 Å². The number of benzene rings is 2. The third-order valence-electron chi connectivity index (χ3n) is 4.38. The van der Waals surface area contributed by atoms with E-state index in [1.165, 1.54) is 0 Å². The monoisotopic (exact) mass is 354 g/mol. The first kappa shape index (κ1) is 18.0. The van der Waals surface area contributed by atoms with Gasteiger partial charge in [-0.15, -0.1) is 0 Å². The molecule has 2 aromatic carbocycles. The summed E-state index contributed by atoms with van der Waals surface area (Å²) in [6, 6.07) is 14.4. The van der Waals surface area contributed by atoms with Crippen molar-refractivity contribution >= 4 is 11.8 Å². The summed E-state index contributed by atoms with van der Waals surface area (Å²) in [4.78, 5) is 25.0. The van der Waals surface area contributed by atoms with Crippen LogP contribution in [0.15, 0.2) is 48.5 Å². The number of hydrogen-bond acceptors (Lipinski definition) is 5. The van der Waals surface area contributed by atoms with Crippen LogP contribution in [0.4, 0.5) is 0 Å². The lowest BCUT2D eigenvalue weighted by molar-refractivity contribution is -0.160. The number of fused-ring (bicyclic) bond motifs is 1. The molecule has 3 unspecified atom stereocenters. The lowest BCUT2D eigenvalue weighted by Crippen LogP contribution is -2.46. The van der Waals surface area contributed by atoms with E-state index in [9.17, 15) is 9.59 Å². The summed E-state index contributed by atoms with van der Waals surface area (Å²) in [5.41, 5.74) is 1.66. The zero-order valence-electron chi connectivity index (χ0n) is 15.1. The second kappa shape index (κ2) is 7.60. The van der Waals surface area contributed by atoms with Crippen LogP contribution in [-0.4, -0.2) is 30.1 Å². The van der Waals surface area contributed by atoms with Crippen LogP contribution in [0, 0.1) is 0 Å². The summed E-state index contributed by atoms with van der Waals surface area (Å²) < 4.78 is 16.8. The molecule has 0 bridgehead atoms. The van der Waals surface area contributed by atoms with Gasteiger partial charge in [-0.3, -0.25) is 4.79 Å². The molecule has 1 aliphatic heterocycles. The molecule has 3 rings (SSSR count). The Labute approximate surface area is 152 Å². The van der Waals surface area contributed by atoms with E-state index in [0.717, 1.165) is 12.0 Å². The topological polar surface area (TPSA) is 61.8 Å². The Balaban J connectivity index is 1.66. The van der Waals surface area contributed by atoms with Crippen LogP contribution < -0.4 is 9.47 Å². The molecular formula is C21H22O5. The standard InChI is InChI=1S/C21H22O5/c1-4-15-9-11-16(12-10-15)19(22)13(2)25-21(23)20-14(3)24-17-7-5-6-8-18(17)26-20/h5-14,20H,4H2,1-3H3. The molecule has 3 atom stereocenters. The highest BCUT2D eigenvalue weighted by Gasteiger charge is 2.36. The second-order valence-electron chi connectivity index (χ2n) is 6.30. The van der Waals surface area contributed by atoms with Gasteiger partial charge in [0.25, 0.3) is 0 Å². The van der Waals surface area contributed by atoms with Crippen molar-refractivity contribution in [2.45, 2.75) is 45.5 Å². The average molecular weight is 354 g/mol. The minimum Gasteiger partial charge on any atom is -0.482 e. The van der Waals surface area contributed by atoms with E-state index in [2.05, 4.69) is 0 Å². The number of aryl methyl sites for hydroxylation is 1. The number of carbonyl (C=O) groups excluding carboxylic acids is 2. The van der Waals surface area contributed by atoms with Crippen molar-refractivity contribution in [3.05, 3.63) is 59.7 Å². The van der Waals surface area contributed by atoms with E-state index in [1.807, 2.05) is 25.1 Å². The maximum Gasteiger partial charge on any atom is 0.352 e. The molecule has 0 N–H and O–H groups in total. The maximum atomic E-state index is 12.5. The van der Waals surface area contributed by atoms with Crippen molar-refractivity contribution in [2.75, 3.05) is 0 Å². The molecule has 1 aliphatic rings. The molecule has 136 valence electrons. The second-order valence-corrected chi connectivity index (χ2v) is 6.30. The molecule has 0 aromatic heterocycles. The Bertz CT molecular complexity index is 796. The van der Waals surface area contributed by atoms with Crippen molar-refractivity contribution in [3.63, 3.8) is 0 Å². The summed E-state index contributed by atoms with van der Waals surface area (Å²) in [7, 11) is 0. The minimum atomic E-state index is -0.914. The number of ketones is 1. The summed E-state index contributed by atoms with van der Waals surface area (Å²) in [5, 5.41) is 0. The molecule has 0 aliphatic carbocycles. The lowest BCUT2D eigenvalue weighted by Gasteiger charge is -2.31. The summed E-state index contributed by atoms with van der Waals surface area (Å²) in [6.07, 6.45) is -1.42. The zero-order valence-corrected chi connectivity index (χ0v) is 15.1. The number of esters is 1. The zero-order chi connectivity index (χ0) is 18.7. The third kappa shape index (κ3) is 3.72. The van der Waals surface area contributed by atoms with Gasteiger partial charge in [0.2, 0.25) is 11.9 Å². The van der Waals surface area contributed by atoms with Gasteiger partial charge in [-0.25, -0.2) is 4.79 Å². The average Bonchev–Trinajstić information content (AvgIpc) is 2.66. The van der Waals surface area contributed by atoms with Gasteiger partial charge in [0.15, 0.2) is 17.6 Å². The van der Waals surface area contributed by atoms with Gasteiger partial charge >= 0.3 is 5.97 Å². The predicted octanol–water partition coefficient (Wildman–Crippen LogP) is 3.59. The van der Waals surface area contributed by atoms with Gasteiger partial charge in [0.1, 0.15) is 6.10 Å². The number of ether oxygens (including phenoxy) is 3. The smallest absolute Gasteiger partial charge is 0.352 e. The van der Waals surface area contributed by atoms with Crippen LogP contribution in [0.25, 0.3) is 0 Å². The molecule has 5 heteroatoms. The summed E-state index contributed by atoms with van der Waals surface area (Å²) >= 11 is 0. The molecule has 0 spiro atoms. The van der Waals surface area contributed by atoms with Crippen molar-refractivity contribution in [2.24, 2.45) is 0 Å². The first-order valence-electron chi connectivity index (χ1n) is 8.75. The number of para-hydroxylation sites is 2. The highest BCUT2D eigenvalue weighted by atomic mass is 16.6. The molecule has 5 nitrogen and oxygen atoms in total. The summed E-state index contributed by atoms with van der Waals surface area (Å²) in [6.45, 7) is 5.35. The molecule has 0 saturated heterocycles. The van der Waals surface area contributed by atoms with Crippen molar-refractivity contribution in [1.82, 2.24) is 0 Å². The van der Waals surface area contributed by atoms with Gasteiger partial charge < -0.3 is 14.2 Å². The lowest BCUT2D eigenvalue weighted by atomic mass is 10.0. The molecule has 0 fully saturated rings. The highest BCUT2D eigenvalue weighted by molar-refractivity contribution is 6.00. The normalized spacial score (nSPS) is 19.5. The Morgan fingerprint density at radius 3 is 2.27 bits per heavy atom. The maximum absolute atomic E-state index is 12.5. The number of rotatable bonds is 5. The molecule has 1 heterocycles. The Kier molecular flexibility index (Phi) is 5.26. The van der Waals surface area contributed by atoms with Crippen LogP contribution in [0.2, 0.25) is 0 Å². The van der Waals surface area contributed by atoms with Gasteiger partial charge in [0.05, 0.1) is 0 Å². The Hall–Kier alpha value is -2.82. The quantitative estimate of drug-likeness (QED) is 0.606. The fourth-order valence-corrected chi connectivity index (χ4v) is 2.81. The van der Waals surface area contributed by atoms with Crippen molar-refractivity contribution in [3.8, 4) is 11.5 Å². The van der Waals surface area contributed by atoms with Crippen LogP contribution in [-0.2, 0) is 16.0 Å². The number of hydrogen-bond donors (Lipinski definition) is 0. The van der Waals surface area contributed by atoms with Crippen LogP contribution in [0.1, 0.15) is 36.7 Å². The van der Waals surface area contributed by atoms with Gasteiger partial charge in [-0.05, 0) is 38.0 Å². The first-order valence-corrected chi connectivity index (χ1v) is 8.75. The molecule has 2 aromatic rings. The number of carbonyl (C=O) groups is 2. The van der Waals surface area contributed by atoms with Crippen molar-refractivity contribution in [1.29, 1.82) is 0 Å². The van der Waals surface area contributed by atoms with E-state index in [4.69, 9.17) is 14.2 Å². The largest absolute Gasteiger partial charge is 0.482 e. The van der Waals surface area contributed by atoms with E-state index in [0.29, 0.717) is 17.1 Å². The SMILES string of the molecule is CCc1ccc(C(=O)C(C)OC(=O)C2Oc3ccccc3OC2C)cc1. The predicted molar refractivity (Wildman–Crippen MR) is 96.7 cm³/mol. The van der Waals surface area contributed by atoms with E-state index < -0.39 is 24.3 Å².